The van der Waals surface area contributed by atoms with Gasteiger partial charge in [-0.15, -0.1) is 0 Å². The molecule has 5 atom stereocenters. The molecule has 3 rings (SSSR count). The second-order valence-electron chi connectivity index (χ2n) is 5.76. The second kappa shape index (κ2) is 7.86. The van der Waals surface area contributed by atoms with Crippen molar-refractivity contribution in [1.82, 2.24) is 20.0 Å². The lowest BCUT2D eigenvalue weighted by molar-refractivity contribution is -0.0549. The lowest BCUT2D eigenvalue weighted by atomic mass is 10.1. The fourth-order valence-electron chi connectivity index (χ4n) is 2.71. The fraction of sp³-hybridized carbons (Fsp3) is 0.400. The molecule has 1 aliphatic heterocycles. The summed E-state index contributed by atoms with van der Waals surface area (Å²) in [6, 6.07) is 5.04. The molecule has 0 spiro atoms. The summed E-state index contributed by atoms with van der Waals surface area (Å²) >= 11 is 0. The summed E-state index contributed by atoms with van der Waals surface area (Å²) in [6.07, 6.45) is -0.704. The number of ether oxygens (including phenoxy) is 1. The standard InChI is InChI=1S/C15H20N6O5/c16-20-13(8-2-1-4-17-6-8)18-10-3-5-21(15(25)19-10)14-12(24)11(23)9(7-22)26-14/h1-6,9,11-14,20,22-24H,7,16H2,(H,18,19,25)/t9-,11-,12+,13?,14-/m1/s1. The molecular formula is C15H20N6O5. The molecule has 1 fully saturated rings. The van der Waals surface area contributed by atoms with Crippen LogP contribution in [0.4, 0.5) is 5.82 Å². The molecule has 0 bridgehead atoms. The van der Waals surface area contributed by atoms with Gasteiger partial charge >= 0.3 is 5.69 Å². The van der Waals surface area contributed by atoms with Crippen LogP contribution in [0.5, 0.6) is 0 Å². The van der Waals surface area contributed by atoms with Gasteiger partial charge < -0.3 is 25.4 Å². The largest absolute Gasteiger partial charge is 0.394 e. The highest BCUT2D eigenvalue weighted by molar-refractivity contribution is 5.36. The van der Waals surface area contributed by atoms with E-state index >= 15 is 0 Å². The Hall–Kier alpha value is -2.41. The molecule has 1 saturated heterocycles. The van der Waals surface area contributed by atoms with E-state index in [4.69, 9.17) is 15.7 Å². The van der Waals surface area contributed by atoms with Gasteiger partial charge in [-0.1, -0.05) is 6.07 Å². The van der Waals surface area contributed by atoms with Crippen molar-refractivity contribution in [2.45, 2.75) is 30.7 Å². The van der Waals surface area contributed by atoms with Gasteiger partial charge in [-0.05, 0) is 12.1 Å². The number of pyridine rings is 1. The topological polar surface area (TPSA) is 168 Å². The first-order chi connectivity index (χ1) is 12.5. The number of nitrogens with two attached hydrogens (primary N) is 1. The third-order valence-corrected chi connectivity index (χ3v) is 4.10. The molecule has 0 amide bonds. The van der Waals surface area contributed by atoms with Crippen LogP contribution in [-0.4, -0.2) is 54.8 Å². The minimum absolute atomic E-state index is 0.241. The number of aliphatic hydroxyl groups is 3. The van der Waals surface area contributed by atoms with E-state index in [1.54, 1.807) is 24.5 Å². The minimum atomic E-state index is -1.36. The van der Waals surface area contributed by atoms with Gasteiger partial charge in [-0.25, -0.2) is 10.2 Å². The summed E-state index contributed by atoms with van der Waals surface area (Å²) in [4.78, 5) is 20.2. The molecule has 26 heavy (non-hydrogen) atoms. The predicted octanol–water partition coefficient (Wildman–Crippen LogP) is -2.18. The summed E-state index contributed by atoms with van der Waals surface area (Å²) in [5.41, 5.74) is 2.59. The highest BCUT2D eigenvalue weighted by Gasteiger charge is 2.43. The summed E-state index contributed by atoms with van der Waals surface area (Å²) in [5, 5.41) is 31.9. The van der Waals surface area contributed by atoms with Gasteiger partial charge in [0.2, 0.25) is 0 Å². The maximum Gasteiger partial charge on any atom is 0.351 e. The average Bonchev–Trinajstić information content (AvgIpc) is 2.95. The molecule has 2 aromatic heterocycles. The number of anilines is 1. The first kappa shape index (κ1) is 18.4. The Balaban J connectivity index is 1.79. The molecule has 2 aromatic rings. The molecule has 140 valence electrons. The molecule has 0 saturated carbocycles. The molecular weight excluding hydrogens is 344 g/mol. The number of aromatic nitrogens is 3. The van der Waals surface area contributed by atoms with E-state index in [-0.39, 0.29) is 5.82 Å². The van der Waals surface area contributed by atoms with Crippen molar-refractivity contribution in [3.63, 3.8) is 0 Å². The molecule has 3 heterocycles. The monoisotopic (exact) mass is 364 g/mol. The summed E-state index contributed by atoms with van der Waals surface area (Å²) in [6.45, 7) is -0.481. The molecule has 7 N–H and O–H groups in total. The van der Waals surface area contributed by atoms with E-state index < -0.39 is 43.0 Å². The fourth-order valence-corrected chi connectivity index (χ4v) is 2.71. The quantitative estimate of drug-likeness (QED) is 0.188. The molecule has 1 aliphatic rings. The Bertz CT molecular complexity index is 788. The van der Waals surface area contributed by atoms with Gasteiger partial charge in [0.15, 0.2) is 6.23 Å². The summed E-state index contributed by atoms with van der Waals surface area (Å²) in [7, 11) is 0. The summed E-state index contributed by atoms with van der Waals surface area (Å²) < 4.78 is 6.37. The SMILES string of the molecule is NNC(Nc1ccn([C@@H]2O[C@H](CO)[C@@H](O)[C@@H]2O)c(=O)n1)c1cccnc1. The first-order valence-electron chi connectivity index (χ1n) is 7.89. The molecule has 11 nitrogen and oxygen atoms in total. The third kappa shape index (κ3) is 3.58. The highest BCUT2D eigenvalue weighted by atomic mass is 16.6. The van der Waals surface area contributed by atoms with E-state index in [0.29, 0.717) is 0 Å². The van der Waals surface area contributed by atoms with Crippen LogP contribution in [0.1, 0.15) is 18.0 Å². The van der Waals surface area contributed by atoms with Gasteiger partial charge in [-0.3, -0.25) is 15.4 Å². The van der Waals surface area contributed by atoms with Crippen molar-refractivity contribution in [3.05, 3.63) is 52.8 Å². The van der Waals surface area contributed by atoms with Crippen LogP contribution in [0.25, 0.3) is 0 Å². The number of hydrazine groups is 1. The Morgan fingerprint density at radius 3 is 2.73 bits per heavy atom. The van der Waals surface area contributed by atoms with Gasteiger partial charge in [0, 0.05) is 24.2 Å². The Kier molecular flexibility index (Phi) is 5.56. The van der Waals surface area contributed by atoms with Crippen molar-refractivity contribution in [2.75, 3.05) is 11.9 Å². The van der Waals surface area contributed by atoms with Gasteiger partial charge in [0.05, 0.1) is 6.61 Å². The number of nitrogens with one attached hydrogen (secondary N) is 2. The minimum Gasteiger partial charge on any atom is -0.394 e. The van der Waals surface area contributed by atoms with E-state index in [1.165, 1.54) is 12.3 Å². The number of hydrogen-bond acceptors (Lipinski definition) is 10. The van der Waals surface area contributed by atoms with Crippen molar-refractivity contribution in [1.29, 1.82) is 0 Å². The highest BCUT2D eigenvalue weighted by Crippen LogP contribution is 2.28. The third-order valence-electron chi connectivity index (χ3n) is 4.10. The Labute approximate surface area is 148 Å². The number of aliphatic hydroxyl groups excluding tert-OH is 3. The lowest BCUT2D eigenvalue weighted by Gasteiger charge is -2.20. The van der Waals surface area contributed by atoms with E-state index in [1.807, 2.05) is 0 Å². The van der Waals surface area contributed by atoms with Crippen LogP contribution in [0, 0.1) is 0 Å². The number of rotatable bonds is 6. The Morgan fingerprint density at radius 1 is 1.35 bits per heavy atom. The lowest BCUT2D eigenvalue weighted by Crippen LogP contribution is -2.37. The first-order valence-corrected chi connectivity index (χ1v) is 7.89. The summed E-state index contributed by atoms with van der Waals surface area (Å²) in [5.74, 6) is 5.77. The zero-order valence-electron chi connectivity index (χ0n) is 13.6. The van der Waals surface area contributed by atoms with Gasteiger partial charge in [0.1, 0.15) is 30.3 Å². The van der Waals surface area contributed by atoms with Crippen LogP contribution >= 0.6 is 0 Å². The van der Waals surface area contributed by atoms with Crippen LogP contribution in [0.2, 0.25) is 0 Å². The van der Waals surface area contributed by atoms with Crippen LogP contribution in [-0.2, 0) is 4.74 Å². The molecule has 1 unspecified atom stereocenters. The molecule has 11 heteroatoms. The molecule has 0 aromatic carbocycles. The van der Waals surface area contributed by atoms with Crippen LogP contribution < -0.4 is 22.3 Å². The zero-order valence-corrected chi connectivity index (χ0v) is 13.6. The van der Waals surface area contributed by atoms with Gasteiger partial charge in [-0.2, -0.15) is 4.98 Å². The molecule has 0 radical (unpaired) electrons. The number of nitrogens with zero attached hydrogens (tertiary/aromatic N) is 3. The Morgan fingerprint density at radius 2 is 2.15 bits per heavy atom. The maximum absolute atomic E-state index is 12.3. The van der Waals surface area contributed by atoms with Crippen molar-refractivity contribution in [3.8, 4) is 0 Å². The second-order valence-corrected chi connectivity index (χ2v) is 5.76. The van der Waals surface area contributed by atoms with Crippen molar-refractivity contribution < 1.29 is 20.1 Å². The van der Waals surface area contributed by atoms with Crippen LogP contribution in [0.3, 0.4) is 0 Å². The van der Waals surface area contributed by atoms with E-state index in [2.05, 4.69) is 20.7 Å². The van der Waals surface area contributed by atoms with E-state index in [9.17, 15) is 15.0 Å². The predicted molar refractivity (Wildman–Crippen MR) is 89.4 cm³/mol. The molecule has 0 aliphatic carbocycles. The van der Waals surface area contributed by atoms with Crippen molar-refractivity contribution in [2.24, 2.45) is 5.84 Å². The smallest absolute Gasteiger partial charge is 0.351 e. The van der Waals surface area contributed by atoms with Crippen LogP contribution in [0.15, 0.2) is 41.6 Å². The van der Waals surface area contributed by atoms with Gasteiger partial charge in [0.25, 0.3) is 0 Å². The normalized spacial score (nSPS) is 26.6. The van der Waals surface area contributed by atoms with E-state index in [0.717, 1.165) is 10.1 Å². The maximum atomic E-state index is 12.3. The van der Waals surface area contributed by atoms with Crippen molar-refractivity contribution >= 4 is 5.82 Å². The number of hydrogen-bond donors (Lipinski definition) is 6. The zero-order chi connectivity index (χ0) is 18.7. The average molecular weight is 364 g/mol.